The van der Waals surface area contributed by atoms with E-state index in [1.807, 2.05) is 61.7 Å². The lowest BCUT2D eigenvalue weighted by atomic mass is 10.1. The molecule has 2 heterocycles. The number of aromatic amines is 1. The Bertz CT molecular complexity index is 1630. The summed E-state index contributed by atoms with van der Waals surface area (Å²) in [6.45, 7) is 3.19. The second-order valence-corrected chi connectivity index (χ2v) is 9.68. The number of nitriles is 1. The van der Waals surface area contributed by atoms with Crippen LogP contribution < -0.4 is 5.32 Å². The second kappa shape index (κ2) is 10.3. The third-order valence-electron chi connectivity index (χ3n) is 6.54. The number of amides is 1. The molecule has 1 amide bonds. The van der Waals surface area contributed by atoms with Crippen molar-refractivity contribution in [2.75, 3.05) is 6.54 Å². The zero-order chi connectivity index (χ0) is 25.1. The van der Waals surface area contributed by atoms with Gasteiger partial charge in [-0.15, -0.1) is 0 Å². The quantitative estimate of drug-likeness (QED) is 0.184. The minimum Gasteiger partial charge on any atom is -0.361 e. The first-order valence-corrected chi connectivity index (χ1v) is 12.6. The van der Waals surface area contributed by atoms with Gasteiger partial charge in [0.1, 0.15) is 11.6 Å². The fourth-order valence-corrected chi connectivity index (χ4v) is 4.92. The van der Waals surface area contributed by atoms with Crippen LogP contribution in [0.25, 0.3) is 27.9 Å². The smallest absolute Gasteiger partial charge is 0.261 e. The molecule has 5 rings (SSSR count). The number of para-hydroxylation sites is 2. The van der Waals surface area contributed by atoms with Gasteiger partial charge in [-0.25, -0.2) is 0 Å². The van der Waals surface area contributed by atoms with E-state index in [1.54, 1.807) is 6.08 Å². The van der Waals surface area contributed by atoms with Crippen LogP contribution in [0.15, 0.2) is 89.0 Å². The SMILES string of the molecule is Cc1c(/C=C(/C#N)C(=O)NCCc2c[nH]c3ccccc23)c2ccccc2n1Cc1ccc(Br)cc1. The molecule has 0 atom stereocenters. The highest BCUT2D eigenvalue weighted by Gasteiger charge is 2.16. The molecule has 5 nitrogen and oxygen atoms in total. The van der Waals surface area contributed by atoms with E-state index in [9.17, 15) is 10.1 Å². The molecule has 0 bridgehead atoms. The van der Waals surface area contributed by atoms with Crippen molar-refractivity contribution in [1.82, 2.24) is 14.9 Å². The Morgan fingerprint density at radius 1 is 1.06 bits per heavy atom. The average molecular weight is 537 g/mol. The standard InChI is InChI=1S/C30H25BrN4O/c1-20-27(26-7-3-5-9-29(26)35(20)19-21-10-12-24(31)13-11-21)16-23(17-32)30(36)33-15-14-22-18-34-28-8-4-2-6-25(22)28/h2-13,16,18,34H,14-15,19H2,1H3,(H,33,36)/b23-16-. The molecular formula is C30H25BrN4O. The van der Waals surface area contributed by atoms with Crippen LogP contribution in [-0.2, 0) is 17.8 Å². The molecule has 178 valence electrons. The van der Waals surface area contributed by atoms with Gasteiger partial charge in [-0.3, -0.25) is 4.79 Å². The fraction of sp³-hybridized carbons (Fsp3) is 0.133. The molecule has 0 fully saturated rings. The number of nitrogens with zero attached hydrogens (tertiary/aromatic N) is 2. The van der Waals surface area contributed by atoms with Crippen LogP contribution in [0, 0.1) is 18.3 Å². The third kappa shape index (κ3) is 4.71. The Kier molecular flexibility index (Phi) is 6.75. The molecule has 0 radical (unpaired) electrons. The first kappa shape index (κ1) is 23.7. The molecule has 0 spiro atoms. The molecule has 6 heteroatoms. The van der Waals surface area contributed by atoms with Crippen LogP contribution in [0.4, 0.5) is 0 Å². The van der Waals surface area contributed by atoms with E-state index in [0.29, 0.717) is 19.5 Å². The lowest BCUT2D eigenvalue weighted by molar-refractivity contribution is -0.117. The predicted molar refractivity (Wildman–Crippen MR) is 149 cm³/mol. The highest BCUT2D eigenvalue weighted by Crippen LogP contribution is 2.29. The van der Waals surface area contributed by atoms with E-state index < -0.39 is 0 Å². The third-order valence-corrected chi connectivity index (χ3v) is 7.07. The second-order valence-electron chi connectivity index (χ2n) is 8.76. The zero-order valence-electron chi connectivity index (χ0n) is 19.9. The van der Waals surface area contributed by atoms with Gasteiger partial charge in [0.25, 0.3) is 5.91 Å². The maximum atomic E-state index is 12.9. The van der Waals surface area contributed by atoms with E-state index in [1.165, 1.54) is 5.56 Å². The van der Waals surface area contributed by atoms with E-state index >= 15 is 0 Å². The van der Waals surface area contributed by atoms with Gasteiger partial charge in [0.05, 0.1) is 0 Å². The summed E-state index contributed by atoms with van der Waals surface area (Å²) in [5, 5.41) is 14.9. The summed E-state index contributed by atoms with van der Waals surface area (Å²) in [6.07, 6.45) is 4.37. The molecule has 0 saturated carbocycles. The van der Waals surface area contributed by atoms with E-state index in [2.05, 4.69) is 61.1 Å². The van der Waals surface area contributed by atoms with Crippen LogP contribution in [0.1, 0.15) is 22.4 Å². The Morgan fingerprint density at radius 3 is 2.56 bits per heavy atom. The lowest BCUT2D eigenvalue weighted by Gasteiger charge is -2.09. The number of nitrogens with one attached hydrogen (secondary N) is 2. The number of H-pyrrole nitrogens is 1. The largest absolute Gasteiger partial charge is 0.361 e. The number of benzene rings is 3. The van der Waals surface area contributed by atoms with E-state index in [0.717, 1.165) is 43.1 Å². The van der Waals surface area contributed by atoms with Crippen molar-refractivity contribution < 1.29 is 4.79 Å². The number of rotatable bonds is 7. The highest BCUT2D eigenvalue weighted by molar-refractivity contribution is 9.10. The van der Waals surface area contributed by atoms with Crippen LogP contribution in [-0.4, -0.2) is 22.0 Å². The number of hydrogen-bond acceptors (Lipinski definition) is 2. The summed E-state index contributed by atoms with van der Waals surface area (Å²) < 4.78 is 3.27. The maximum absolute atomic E-state index is 12.9. The summed E-state index contributed by atoms with van der Waals surface area (Å²) in [7, 11) is 0. The number of aromatic nitrogens is 2. The molecule has 0 aliphatic heterocycles. The Hall–Kier alpha value is -4.08. The van der Waals surface area contributed by atoms with Gasteiger partial charge in [-0.2, -0.15) is 5.26 Å². The molecule has 0 aliphatic carbocycles. The van der Waals surface area contributed by atoms with Crippen LogP contribution in [0.3, 0.4) is 0 Å². The van der Waals surface area contributed by atoms with Crippen molar-refractivity contribution in [3.8, 4) is 6.07 Å². The van der Waals surface area contributed by atoms with Crippen molar-refractivity contribution in [3.63, 3.8) is 0 Å². The summed E-state index contributed by atoms with van der Waals surface area (Å²) in [5.41, 5.74) is 6.47. The summed E-state index contributed by atoms with van der Waals surface area (Å²) in [4.78, 5) is 16.2. The Balaban J connectivity index is 1.38. The number of carbonyl (C=O) groups is 1. The van der Waals surface area contributed by atoms with E-state index in [-0.39, 0.29) is 11.5 Å². The van der Waals surface area contributed by atoms with Crippen molar-refractivity contribution in [1.29, 1.82) is 5.26 Å². The summed E-state index contributed by atoms with van der Waals surface area (Å²) in [6, 6.07) is 26.6. The monoisotopic (exact) mass is 536 g/mol. The number of fused-ring (bicyclic) bond motifs is 2. The van der Waals surface area contributed by atoms with Crippen molar-refractivity contribution in [2.24, 2.45) is 0 Å². The van der Waals surface area contributed by atoms with Gasteiger partial charge in [0, 0.05) is 56.8 Å². The highest BCUT2D eigenvalue weighted by atomic mass is 79.9. The molecule has 3 aromatic carbocycles. The average Bonchev–Trinajstić information content (AvgIpc) is 3.42. The fourth-order valence-electron chi connectivity index (χ4n) is 4.65. The predicted octanol–water partition coefficient (Wildman–Crippen LogP) is 6.51. The van der Waals surface area contributed by atoms with Crippen LogP contribution in [0.2, 0.25) is 0 Å². The number of halogens is 1. The van der Waals surface area contributed by atoms with Gasteiger partial charge < -0.3 is 14.9 Å². The minimum atomic E-state index is -0.360. The minimum absolute atomic E-state index is 0.101. The molecule has 36 heavy (non-hydrogen) atoms. The van der Waals surface area contributed by atoms with Gasteiger partial charge in [-0.05, 0) is 54.8 Å². The Labute approximate surface area is 218 Å². The molecule has 2 aromatic heterocycles. The normalized spacial score (nSPS) is 11.6. The maximum Gasteiger partial charge on any atom is 0.261 e. The van der Waals surface area contributed by atoms with Crippen LogP contribution in [0.5, 0.6) is 0 Å². The zero-order valence-corrected chi connectivity index (χ0v) is 21.5. The van der Waals surface area contributed by atoms with Crippen molar-refractivity contribution in [3.05, 3.63) is 111 Å². The number of carbonyl (C=O) groups excluding carboxylic acids is 1. The lowest BCUT2D eigenvalue weighted by Crippen LogP contribution is -2.26. The first-order chi connectivity index (χ1) is 17.5. The molecule has 0 saturated heterocycles. The van der Waals surface area contributed by atoms with Gasteiger partial charge in [0.15, 0.2) is 0 Å². The topological polar surface area (TPSA) is 73.6 Å². The molecule has 0 unspecified atom stereocenters. The van der Waals surface area contributed by atoms with Gasteiger partial charge in [-0.1, -0.05) is 64.5 Å². The molecule has 0 aliphatic rings. The van der Waals surface area contributed by atoms with Crippen molar-refractivity contribution >= 4 is 49.7 Å². The van der Waals surface area contributed by atoms with Crippen molar-refractivity contribution in [2.45, 2.75) is 19.9 Å². The number of hydrogen-bond donors (Lipinski definition) is 2. The molecule has 5 aromatic rings. The summed E-state index contributed by atoms with van der Waals surface area (Å²) in [5.74, 6) is -0.360. The summed E-state index contributed by atoms with van der Waals surface area (Å²) >= 11 is 3.49. The molecule has 2 N–H and O–H groups in total. The first-order valence-electron chi connectivity index (χ1n) is 11.8. The van der Waals surface area contributed by atoms with Gasteiger partial charge >= 0.3 is 0 Å². The van der Waals surface area contributed by atoms with E-state index in [4.69, 9.17) is 0 Å². The van der Waals surface area contributed by atoms with Crippen LogP contribution >= 0.6 is 15.9 Å². The Morgan fingerprint density at radius 2 is 1.78 bits per heavy atom. The molecular weight excluding hydrogens is 512 g/mol. The van der Waals surface area contributed by atoms with Gasteiger partial charge in [0.2, 0.25) is 0 Å².